The largest absolute Gasteiger partial charge is 0.450 e. The van der Waals surface area contributed by atoms with Crippen molar-refractivity contribution in [2.45, 2.75) is 19.8 Å². The van der Waals surface area contributed by atoms with Crippen LogP contribution in [0.1, 0.15) is 19.8 Å². The third-order valence-corrected chi connectivity index (χ3v) is 6.10. The lowest BCUT2D eigenvalue weighted by atomic mass is 9.97. The van der Waals surface area contributed by atoms with Crippen molar-refractivity contribution in [1.29, 1.82) is 0 Å². The van der Waals surface area contributed by atoms with Gasteiger partial charge in [0.05, 0.1) is 28.4 Å². The molecule has 2 aromatic carbocycles. The van der Waals surface area contributed by atoms with E-state index in [0.717, 1.165) is 39.3 Å². The number of carbonyl (C=O) groups is 2. The molecule has 7 heteroatoms. The molecule has 1 N–H and O–H groups in total. The van der Waals surface area contributed by atoms with Gasteiger partial charge in [0.15, 0.2) is 0 Å². The quantitative estimate of drug-likeness (QED) is 0.674. The molecule has 0 spiro atoms. The number of amides is 2. The van der Waals surface area contributed by atoms with Gasteiger partial charge in [-0.3, -0.25) is 4.79 Å². The molecule has 1 aromatic heterocycles. The van der Waals surface area contributed by atoms with Gasteiger partial charge in [-0.25, -0.2) is 9.78 Å². The number of hydrogen-bond donors (Lipinski definition) is 1. The lowest BCUT2D eigenvalue weighted by Gasteiger charge is -2.31. The molecule has 1 aliphatic heterocycles. The molecule has 6 nitrogen and oxygen atoms in total. The zero-order valence-corrected chi connectivity index (χ0v) is 17.1. The zero-order valence-electron chi connectivity index (χ0n) is 16.3. The van der Waals surface area contributed by atoms with E-state index in [1.807, 2.05) is 48.5 Å². The SMILES string of the molecule is CCOC(=O)N1CCC[C@H](C(=O)Nc2ccccc2-c2nc3ccccc3s2)C1. The summed E-state index contributed by atoms with van der Waals surface area (Å²) in [6.07, 6.45) is 1.20. The number of fused-ring (bicyclic) bond motifs is 1. The summed E-state index contributed by atoms with van der Waals surface area (Å²) in [5.74, 6) is -0.330. The summed E-state index contributed by atoms with van der Waals surface area (Å²) in [7, 11) is 0. The van der Waals surface area contributed by atoms with Crippen LogP contribution in [-0.4, -0.2) is 41.6 Å². The van der Waals surface area contributed by atoms with Gasteiger partial charge in [0, 0.05) is 18.7 Å². The minimum atomic E-state index is -0.347. The van der Waals surface area contributed by atoms with E-state index in [2.05, 4.69) is 5.32 Å². The first kappa shape index (κ1) is 19.4. The van der Waals surface area contributed by atoms with Crippen molar-refractivity contribution in [2.24, 2.45) is 5.92 Å². The Bertz CT molecular complexity index is 1000. The van der Waals surface area contributed by atoms with Gasteiger partial charge < -0.3 is 15.0 Å². The molecule has 0 saturated carbocycles. The van der Waals surface area contributed by atoms with Crippen LogP contribution in [0.5, 0.6) is 0 Å². The number of nitrogens with one attached hydrogen (secondary N) is 1. The van der Waals surface area contributed by atoms with Crippen molar-refractivity contribution in [3.05, 3.63) is 48.5 Å². The Morgan fingerprint density at radius 2 is 2.00 bits per heavy atom. The number of hydrogen-bond acceptors (Lipinski definition) is 5. The number of ether oxygens (including phenoxy) is 1. The average molecular weight is 410 g/mol. The van der Waals surface area contributed by atoms with E-state index in [0.29, 0.717) is 19.7 Å². The topological polar surface area (TPSA) is 71.5 Å². The Hall–Kier alpha value is -2.93. The highest BCUT2D eigenvalue weighted by atomic mass is 32.1. The maximum atomic E-state index is 12.9. The Labute approximate surface area is 173 Å². The molecule has 1 aliphatic rings. The molecule has 4 rings (SSSR count). The van der Waals surface area contributed by atoms with Crippen molar-refractivity contribution < 1.29 is 14.3 Å². The van der Waals surface area contributed by atoms with Crippen LogP contribution in [0.15, 0.2) is 48.5 Å². The van der Waals surface area contributed by atoms with E-state index in [1.54, 1.807) is 23.2 Å². The smallest absolute Gasteiger partial charge is 0.409 e. The van der Waals surface area contributed by atoms with Gasteiger partial charge in [0.2, 0.25) is 5.91 Å². The number of carbonyl (C=O) groups excluding carboxylic acids is 2. The number of para-hydroxylation sites is 2. The molecule has 2 amide bonds. The normalized spacial score (nSPS) is 16.6. The highest BCUT2D eigenvalue weighted by Crippen LogP contribution is 2.34. The van der Waals surface area contributed by atoms with E-state index in [9.17, 15) is 9.59 Å². The Morgan fingerprint density at radius 1 is 1.21 bits per heavy atom. The fourth-order valence-electron chi connectivity index (χ4n) is 3.57. The number of benzene rings is 2. The van der Waals surface area contributed by atoms with Crippen molar-refractivity contribution in [1.82, 2.24) is 9.88 Å². The first-order valence-electron chi connectivity index (χ1n) is 9.83. The van der Waals surface area contributed by atoms with Crippen LogP contribution >= 0.6 is 11.3 Å². The highest BCUT2D eigenvalue weighted by molar-refractivity contribution is 7.21. The van der Waals surface area contributed by atoms with Crippen LogP contribution in [0.2, 0.25) is 0 Å². The summed E-state index contributed by atoms with van der Waals surface area (Å²) in [5, 5.41) is 3.94. The summed E-state index contributed by atoms with van der Waals surface area (Å²) in [5.41, 5.74) is 2.59. The van der Waals surface area contributed by atoms with E-state index in [-0.39, 0.29) is 17.9 Å². The summed E-state index contributed by atoms with van der Waals surface area (Å²) >= 11 is 1.61. The van der Waals surface area contributed by atoms with Crippen LogP contribution in [0.3, 0.4) is 0 Å². The zero-order chi connectivity index (χ0) is 20.2. The molecule has 1 atom stereocenters. The molecule has 2 heterocycles. The molecule has 1 fully saturated rings. The number of thiazole rings is 1. The van der Waals surface area contributed by atoms with Crippen LogP contribution in [0.25, 0.3) is 20.8 Å². The molecule has 150 valence electrons. The third kappa shape index (κ3) is 4.24. The van der Waals surface area contributed by atoms with Crippen LogP contribution < -0.4 is 5.32 Å². The van der Waals surface area contributed by atoms with E-state index < -0.39 is 0 Å². The molecule has 29 heavy (non-hydrogen) atoms. The van der Waals surface area contributed by atoms with Crippen molar-refractivity contribution in [2.75, 3.05) is 25.0 Å². The minimum Gasteiger partial charge on any atom is -0.450 e. The highest BCUT2D eigenvalue weighted by Gasteiger charge is 2.29. The standard InChI is InChI=1S/C22H23N3O3S/c1-2-28-22(27)25-13-7-8-15(14-25)20(26)23-17-10-4-3-9-16(17)21-24-18-11-5-6-12-19(18)29-21/h3-6,9-12,15H,2,7-8,13-14H2,1H3,(H,23,26)/t15-/m0/s1. The van der Waals surface area contributed by atoms with Gasteiger partial charge in [0.25, 0.3) is 0 Å². The maximum Gasteiger partial charge on any atom is 0.409 e. The van der Waals surface area contributed by atoms with E-state index in [1.165, 1.54) is 0 Å². The molecule has 1 saturated heterocycles. The van der Waals surface area contributed by atoms with Crippen molar-refractivity contribution >= 4 is 39.2 Å². The van der Waals surface area contributed by atoms with E-state index in [4.69, 9.17) is 9.72 Å². The molecule has 0 aliphatic carbocycles. The first-order chi connectivity index (χ1) is 14.2. The lowest BCUT2D eigenvalue weighted by Crippen LogP contribution is -2.44. The Balaban J connectivity index is 1.52. The maximum absolute atomic E-state index is 12.9. The number of piperidine rings is 1. The van der Waals surface area contributed by atoms with Gasteiger partial charge >= 0.3 is 6.09 Å². The third-order valence-electron chi connectivity index (χ3n) is 5.03. The number of anilines is 1. The van der Waals surface area contributed by atoms with Gasteiger partial charge in [-0.15, -0.1) is 11.3 Å². The predicted molar refractivity (Wildman–Crippen MR) is 115 cm³/mol. The van der Waals surface area contributed by atoms with Crippen LogP contribution in [0.4, 0.5) is 10.5 Å². The van der Waals surface area contributed by atoms with Gasteiger partial charge in [-0.1, -0.05) is 24.3 Å². The number of rotatable bonds is 4. The number of likely N-dealkylation sites (tertiary alicyclic amines) is 1. The Morgan fingerprint density at radius 3 is 2.83 bits per heavy atom. The molecular formula is C22H23N3O3S. The molecule has 0 bridgehead atoms. The molecule has 3 aromatic rings. The summed E-state index contributed by atoms with van der Waals surface area (Å²) in [4.78, 5) is 31.3. The number of aromatic nitrogens is 1. The molecule has 0 unspecified atom stereocenters. The summed E-state index contributed by atoms with van der Waals surface area (Å²) in [6.45, 7) is 3.13. The van der Waals surface area contributed by atoms with Crippen LogP contribution in [0, 0.1) is 5.92 Å². The van der Waals surface area contributed by atoms with Gasteiger partial charge in [-0.2, -0.15) is 0 Å². The van der Waals surface area contributed by atoms with Gasteiger partial charge in [0.1, 0.15) is 5.01 Å². The van der Waals surface area contributed by atoms with Crippen molar-refractivity contribution in [3.63, 3.8) is 0 Å². The monoisotopic (exact) mass is 409 g/mol. The molecule has 0 radical (unpaired) electrons. The minimum absolute atomic E-state index is 0.0763. The number of nitrogens with zero attached hydrogens (tertiary/aromatic N) is 2. The second-order valence-corrected chi connectivity index (χ2v) is 8.04. The van der Waals surface area contributed by atoms with Crippen molar-refractivity contribution in [3.8, 4) is 10.6 Å². The fraction of sp³-hybridized carbons (Fsp3) is 0.318. The Kier molecular flexibility index (Phi) is 5.76. The van der Waals surface area contributed by atoms with E-state index >= 15 is 0 Å². The second-order valence-electron chi connectivity index (χ2n) is 7.01. The molecular weight excluding hydrogens is 386 g/mol. The fourth-order valence-corrected chi connectivity index (χ4v) is 4.58. The summed E-state index contributed by atoms with van der Waals surface area (Å²) in [6, 6.07) is 15.7. The first-order valence-corrected chi connectivity index (χ1v) is 10.6. The second kappa shape index (κ2) is 8.61. The summed E-state index contributed by atoms with van der Waals surface area (Å²) < 4.78 is 6.19. The predicted octanol–water partition coefficient (Wildman–Crippen LogP) is 4.77. The van der Waals surface area contributed by atoms with Crippen LogP contribution in [-0.2, 0) is 9.53 Å². The van der Waals surface area contributed by atoms with Gasteiger partial charge in [-0.05, 0) is 44.0 Å². The average Bonchev–Trinajstić information content (AvgIpc) is 3.18. The lowest BCUT2D eigenvalue weighted by molar-refractivity contribution is -0.121.